The van der Waals surface area contributed by atoms with Crippen LogP contribution in [0.4, 0.5) is 5.13 Å². The SMILES string of the molecule is O=C(Nc1nncs1)C1CCN(C(=O)COc2ccc3c(c2)CCC3)CC1. The van der Waals surface area contributed by atoms with Crippen molar-refractivity contribution < 1.29 is 14.3 Å². The molecule has 0 atom stereocenters. The van der Waals surface area contributed by atoms with E-state index in [0.29, 0.717) is 31.1 Å². The largest absolute Gasteiger partial charge is 0.484 e. The number of aromatic nitrogens is 2. The third kappa shape index (κ3) is 4.27. The van der Waals surface area contributed by atoms with Gasteiger partial charge in [-0.2, -0.15) is 0 Å². The van der Waals surface area contributed by atoms with E-state index in [2.05, 4.69) is 27.6 Å². The van der Waals surface area contributed by atoms with Crippen molar-refractivity contribution in [3.63, 3.8) is 0 Å². The van der Waals surface area contributed by atoms with E-state index in [0.717, 1.165) is 18.6 Å². The lowest BCUT2D eigenvalue weighted by Gasteiger charge is -2.31. The van der Waals surface area contributed by atoms with E-state index in [-0.39, 0.29) is 24.3 Å². The summed E-state index contributed by atoms with van der Waals surface area (Å²) >= 11 is 1.30. The van der Waals surface area contributed by atoms with Gasteiger partial charge in [0.1, 0.15) is 11.3 Å². The summed E-state index contributed by atoms with van der Waals surface area (Å²) in [5.74, 6) is 0.581. The summed E-state index contributed by atoms with van der Waals surface area (Å²) in [5.41, 5.74) is 4.31. The number of carbonyl (C=O) groups excluding carboxylic acids is 2. The third-order valence-corrected chi connectivity index (χ3v) is 5.85. The highest BCUT2D eigenvalue weighted by atomic mass is 32.1. The van der Waals surface area contributed by atoms with Gasteiger partial charge in [-0.1, -0.05) is 17.4 Å². The average molecular weight is 386 g/mol. The van der Waals surface area contributed by atoms with Gasteiger partial charge in [-0.05, 0) is 55.4 Å². The number of rotatable bonds is 5. The molecule has 0 radical (unpaired) electrons. The van der Waals surface area contributed by atoms with Crippen LogP contribution in [0.5, 0.6) is 5.75 Å². The topological polar surface area (TPSA) is 84.4 Å². The van der Waals surface area contributed by atoms with Gasteiger partial charge in [-0.3, -0.25) is 9.59 Å². The molecule has 2 aliphatic rings. The number of fused-ring (bicyclic) bond motifs is 1. The maximum Gasteiger partial charge on any atom is 0.260 e. The van der Waals surface area contributed by atoms with Gasteiger partial charge < -0.3 is 15.0 Å². The Labute approximate surface area is 161 Å². The number of amides is 2. The highest BCUT2D eigenvalue weighted by Crippen LogP contribution is 2.26. The Morgan fingerprint density at radius 2 is 2.04 bits per heavy atom. The van der Waals surface area contributed by atoms with Crippen molar-refractivity contribution in [3.8, 4) is 5.75 Å². The van der Waals surface area contributed by atoms with Gasteiger partial charge in [-0.25, -0.2) is 0 Å². The Bertz CT molecular complexity index is 816. The van der Waals surface area contributed by atoms with Crippen molar-refractivity contribution in [1.29, 1.82) is 0 Å². The quantitative estimate of drug-likeness (QED) is 0.852. The number of benzene rings is 1. The van der Waals surface area contributed by atoms with Gasteiger partial charge in [0, 0.05) is 19.0 Å². The first-order valence-corrected chi connectivity index (χ1v) is 10.2. The number of hydrogen-bond acceptors (Lipinski definition) is 6. The van der Waals surface area contributed by atoms with Crippen LogP contribution in [0.25, 0.3) is 0 Å². The molecule has 1 fully saturated rings. The lowest BCUT2D eigenvalue weighted by molar-refractivity contribution is -0.136. The van der Waals surface area contributed by atoms with E-state index in [1.807, 2.05) is 6.07 Å². The van der Waals surface area contributed by atoms with Crippen LogP contribution in [-0.4, -0.2) is 46.6 Å². The zero-order valence-electron chi connectivity index (χ0n) is 15.0. The fourth-order valence-corrected chi connectivity index (χ4v) is 4.15. The molecule has 8 heteroatoms. The molecule has 1 aliphatic carbocycles. The highest BCUT2D eigenvalue weighted by Gasteiger charge is 2.28. The smallest absolute Gasteiger partial charge is 0.260 e. The number of ether oxygens (including phenoxy) is 1. The Morgan fingerprint density at radius 1 is 1.22 bits per heavy atom. The zero-order chi connectivity index (χ0) is 18.6. The normalized spacial score (nSPS) is 16.8. The summed E-state index contributed by atoms with van der Waals surface area (Å²) in [6, 6.07) is 6.10. The molecule has 1 saturated heterocycles. The molecule has 2 amide bonds. The zero-order valence-corrected chi connectivity index (χ0v) is 15.8. The van der Waals surface area contributed by atoms with Crippen molar-refractivity contribution in [2.45, 2.75) is 32.1 Å². The van der Waals surface area contributed by atoms with Gasteiger partial charge in [-0.15, -0.1) is 10.2 Å². The molecular formula is C19H22N4O3S. The minimum atomic E-state index is -0.101. The molecular weight excluding hydrogens is 364 g/mol. The first kappa shape index (κ1) is 17.9. The summed E-state index contributed by atoms with van der Waals surface area (Å²) in [7, 11) is 0. The monoisotopic (exact) mass is 386 g/mol. The average Bonchev–Trinajstić information content (AvgIpc) is 3.37. The maximum atomic E-state index is 12.4. The number of nitrogens with one attached hydrogen (secondary N) is 1. The van der Waals surface area contributed by atoms with Crippen LogP contribution in [0.1, 0.15) is 30.4 Å². The molecule has 4 rings (SSSR count). The van der Waals surface area contributed by atoms with Gasteiger partial charge in [0.25, 0.3) is 5.91 Å². The number of anilines is 1. The summed E-state index contributed by atoms with van der Waals surface area (Å²) in [5, 5.41) is 10.8. The van der Waals surface area contributed by atoms with Crippen molar-refractivity contribution in [2.24, 2.45) is 5.92 Å². The van der Waals surface area contributed by atoms with Crippen molar-refractivity contribution in [2.75, 3.05) is 25.0 Å². The fraction of sp³-hybridized carbons (Fsp3) is 0.474. The van der Waals surface area contributed by atoms with Crippen LogP contribution in [0.2, 0.25) is 0 Å². The number of piperidine rings is 1. The Morgan fingerprint density at radius 3 is 2.81 bits per heavy atom. The molecule has 1 N–H and O–H groups in total. The van der Waals surface area contributed by atoms with E-state index in [9.17, 15) is 9.59 Å². The maximum absolute atomic E-state index is 12.4. The predicted molar refractivity (Wildman–Crippen MR) is 102 cm³/mol. The van der Waals surface area contributed by atoms with E-state index in [1.54, 1.807) is 10.4 Å². The number of aryl methyl sites for hydroxylation is 2. The second-order valence-electron chi connectivity index (χ2n) is 6.96. The number of hydrogen-bond donors (Lipinski definition) is 1. The van der Waals surface area contributed by atoms with Crippen LogP contribution >= 0.6 is 11.3 Å². The summed E-state index contributed by atoms with van der Waals surface area (Å²) in [6.07, 6.45) is 4.72. The van der Waals surface area contributed by atoms with Crippen molar-refractivity contribution in [1.82, 2.24) is 15.1 Å². The van der Waals surface area contributed by atoms with E-state index in [1.165, 1.54) is 28.9 Å². The lowest BCUT2D eigenvalue weighted by atomic mass is 9.96. The molecule has 7 nitrogen and oxygen atoms in total. The fourth-order valence-electron chi connectivity index (χ4n) is 3.70. The molecule has 1 aromatic carbocycles. The molecule has 27 heavy (non-hydrogen) atoms. The molecule has 2 aromatic rings. The van der Waals surface area contributed by atoms with E-state index >= 15 is 0 Å². The number of likely N-dealkylation sites (tertiary alicyclic amines) is 1. The van der Waals surface area contributed by atoms with Crippen LogP contribution in [-0.2, 0) is 22.4 Å². The van der Waals surface area contributed by atoms with Crippen LogP contribution in [0.3, 0.4) is 0 Å². The molecule has 0 saturated carbocycles. The Hall–Kier alpha value is -2.48. The second kappa shape index (κ2) is 8.04. The Kier molecular flexibility index (Phi) is 5.33. The lowest BCUT2D eigenvalue weighted by Crippen LogP contribution is -2.43. The summed E-state index contributed by atoms with van der Waals surface area (Å²) in [6.45, 7) is 1.18. The van der Waals surface area contributed by atoms with Crippen molar-refractivity contribution in [3.05, 3.63) is 34.8 Å². The van der Waals surface area contributed by atoms with Crippen LogP contribution in [0, 0.1) is 5.92 Å². The first-order valence-electron chi connectivity index (χ1n) is 9.28. The number of carbonyl (C=O) groups is 2. The predicted octanol–water partition coefficient (Wildman–Crippen LogP) is 2.28. The molecule has 0 spiro atoms. The number of nitrogens with zero attached hydrogens (tertiary/aromatic N) is 3. The molecule has 1 aliphatic heterocycles. The molecule has 0 unspecified atom stereocenters. The van der Waals surface area contributed by atoms with Gasteiger partial charge >= 0.3 is 0 Å². The van der Waals surface area contributed by atoms with E-state index in [4.69, 9.17) is 4.74 Å². The standard InChI is InChI=1S/C19H22N4O3S/c24-17(11-26-16-5-4-13-2-1-3-15(13)10-16)23-8-6-14(7-9-23)18(25)21-19-22-20-12-27-19/h4-5,10,12,14H,1-3,6-9,11H2,(H,21,22,25). The van der Waals surface area contributed by atoms with Gasteiger partial charge in [0.05, 0.1) is 0 Å². The van der Waals surface area contributed by atoms with E-state index < -0.39 is 0 Å². The summed E-state index contributed by atoms with van der Waals surface area (Å²) in [4.78, 5) is 26.4. The van der Waals surface area contributed by atoms with Gasteiger partial charge in [0.2, 0.25) is 11.0 Å². The third-order valence-electron chi connectivity index (χ3n) is 5.24. The van der Waals surface area contributed by atoms with Crippen molar-refractivity contribution >= 4 is 28.3 Å². The highest BCUT2D eigenvalue weighted by molar-refractivity contribution is 7.13. The first-order chi connectivity index (χ1) is 13.2. The Balaban J connectivity index is 1.23. The summed E-state index contributed by atoms with van der Waals surface area (Å²) < 4.78 is 5.71. The van der Waals surface area contributed by atoms with Gasteiger partial charge in [0.15, 0.2) is 6.61 Å². The minimum absolute atomic E-state index is 0.0292. The van der Waals surface area contributed by atoms with Crippen LogP contribution in [0.15, 0.2) is 23.7 Å². The molecule has 142 valence electrons. The molecule has 2 heterocycles. The molecule has 1 aromatic heterocycles. The van der Waals surface area contributed by atoms with Crippen LogP contribution < -0.4 is 10.1 Å². The minimum Gasteiger partial charge on any atom is -0.484 e. The molecule has 0 bridgehead atoms. The second-order valence-corrected chi connectivity index (χ2v) is 7.79.